The number of nitrogen functional groups attached to an aromatic ring is 1. The number of thiophene rings is 1. The van der Waals surface area contributed by atoms with Crippen LogP contribution in [0.5, 0.6) is 0 Å². The minimum atomic E-state index is -3.98. The molecule has 0 aliphatic carbocycles. The summed E-state index contributed by atoms with van der Waals surface area (Å²) in [6.45, 7) is 0. The van der Waals surface area contributed by atoms with E-state index in [1.165, 1.54) is 0 Å². The minimum absolute atomic E-state index is 0.00352. The van der Waals surface area contributed by atoms with Crippen LogP contribution in [0.3, 0.4) is 0 Å². The molecule has 0 bridgehead atoms. The Hall–Kier alpha value is -1.48. The molecular formula is C9H9N3O3S2. The zero-order chi connectivity index (χ0) is 12.6. The normalized spacial score (nSPS) is 11.6. The number of fused-ring (bicyclic) bond motifs is 1. The summed E-state index contributed by atoms with van der Waals surface area (Å²) in [5, 5.41) is 5.55. The van der Waals surface area contributed by atoms with E-state index in [1.54, 1.807) is 24.3 Å². The summed E-state index contributed by atoms with van der Waals surface area (Å²) in [5.74, 6) is 4.34. The molecule has 0 saturated heterocycles. The second kappa shape index (κ2) is 4.08. The van der Waals surface area contributed by atoms with Gasteiger partial charge in [-0.15, -0.1) is 11.3 Å². The summed E-state index contributed by atoms with van der Waals surface area (Å²) in [5.41, 5.74) is 1.91. The molecule has 0 atom stereocenters. The van der Waals surface area contributed by atoms with Crippen LogP contribution in [0.25, 0.3) is 10.1 Å². The molecule has 0 aliphatic heterocycles. The van der Waals surface area contributed by atoms with E-state index in [4.69, 9.17) is 11.0 Å². The molecule has 8 heteroatoms. The molecule has 6 nitrogen and oxygen atoms in total. The molecule has 0 radical (unpaired) electrons. The molecule has 1 amide bonds. The summed E-state index contributed by atoms with van der Waals surface area (Å²) in [7, 11) is -3.98. The van der Waals surface area contributed by atoms with Gasteiger partial charge in [0.15, 0.2) is 0 Å². The molecule has 17 heavy (non-hydrogen) atoms. The molecule has 1 aromatic heterocycles. The van der Waals surface area contributed by atoms with Crippen LogP contribution >= 0.6 is 11.3 Å². The van der Waals surface area contributed by atoms with Crippen LogP contribution in [0, 0.1) is 0 Å². The Morgan fingerprint density at radius 2 is 1.94 bits per heavy atom. The second-order valence-corrected chi connectivity index (χ2v) is 5.83. The first-order valence-corrected chi connectivity index (χ1v) is 6.86. The topological polar surface area (TPSA) is 115 Å². The number of carbonyl (C=O) groups excluding carboxylic acids is 1. The fourth-order valence-corrected chi connectivity index (χ4v) is 3.89. The predicted molar refractivity (Wildman–Crippen MR) is 64.9 cm³/mol. The summed E-state index contributed by atoms with van der Waals surface area (Å²) in [4.78, 5) is 11.3. The molecule has 0 saturated carbocycles. The quantitative estimate of drug-likeness (QED) is 0.409. The first-order chi connectivity index (χ1) is 7.95. The van der Waals surface area contributed by atoms with Crippen molar-refractivity contribution in [2.45, 2.75) is 4.90 Å². The Balaban J connectivity index is 2.89. The van der Waals surface area contributed by atoms with Gasteiger partial charge in [0.05, 0.1) is 0 Å². The van der Waals surface area contributed by atoms with Crippen LogP contribution in [0.4, 0.5) is 0 Å². The van der Waals surface area contributed by atoms with E-state index in [1.807, 2.05) is 5.43 Å². The third kappa shape index (κ3) is 2.03. The van der Waals surface area contributed by atoms with Gasteiger partial charge in [0.2, 0.25) is 10.0 Å². The van der Waals surface area contributed by atoms with Gasteiger partial charge in [0.1, 0.15) is 9.77 Å². The smallest absolute Gasteiger partial charge is 0.276 e. The van der Waals surface area contributed by atoms with E-state index in [2.05, 4.69) is 0 Å². The third-order valence-corrected chi connectivity index (χ3v) is 4.46. The van der Waals surface area contributed by atoms with Crippen LogP contribution in [0.2, 0.25) is 0 Å². The molecule has 1 heterocycles. The number of rotatable bonds is 2. The highest BCUT2D eigenvalue weighted by Gasteiger charge is 2.25. The van der Waals surface area contributed by atoms with Crippen molar-refractivity contribution in [2.75, 3.05) is 0 Å². The fourth-order valence-electron chi connectivity index (χ4n) is 1.52. The maximum atomic E-state index is 11.5. The lowest BCUT2D eigenvalue weighted by Gasteiger charge is -2.00. The van der Waals surface area contributed by atoms with Gasteiger partial charge in [-0.25, -0.2) is 19.4 Å². The van der Waals surface area contributed by atoms with Crippen LogP contribution in [-0.2, 0) is 10.0 Å². The Morgan fingerprint density at radius 1 is 1.29 bits per heavy atom. The van der Waals surface area contributed by atoms with Crippen LogP contribution in [0.1, 0.15) is 9.67 Å². The number of benzene rings is 1. The second-order valence-electron chi connectivity index (χ2n) is 3.27. The lowest BCUT2D eigenvalue weighted by molar-refractivity contribution is 0.0955. The molecule has 2 rings (SSSR count). The van der Waals surface area contributed by atoms with E-state index in [9.17, 15) is 13.2 Å². The van der Waals surface area contributed by atoms with Gasteiger partial charge in [0, 0.05) is 10.1 Å². The molecule has 90 valence electrons. The van der Waals surface area contributed by atoms with Crippen molar-refractivity contribution in [3.8, 4) is 0 Å². The molecule has 0 spiro atoms. The Bertz CT molecular complexity index is 691. The van der Waals surface area contributed by atoms with E-state index in [-0.39, 0.29) is 9.77 Å². The molecule has 0 fully saturated rings. The van der Waals surface area contributed by atoms with E-state index in [0.29, 0.717) is 10.1 Å². The Labute approximate surface area is 101 Å². The standard InChI is InChI=1S/C9H9N3O3S2/c10-12-9(13)7-8(17(11,14)15)5-3-1-2-4-6(5)16-7/h1-4H,10H2,(H,12,13)(H2,11,14,15). The number of amides is 1. The monoisotopic (exact) mass is 271 g/mol. The highest BCUT2D eigenvalue weighted by Crippen LogP contribution is 2.33. The van der Waals surface area contributed by atoms with Gasteiger partial charge in [-0.2, -0.15) is 0 Å². The van der Waals surface area contributed by atoms with Crippen molar-refractivity contribution in [3.63, 3.8) is 0 Å². The highest BCUT2D eigenvalue weighted by atomic mass is 32.2. The average Bonchev–Trinajstić information content (AvgIpc) is 2.66. The fraction of sp³-hybridized carbons (Fsp3) is 0. The van der Waals surface area contributed by atoms with Gasteiger partial charge in [-0.3, -0.25) is 10.2 Å². The van der Waals surface area contributed by atoms with Crippen molar-refractivity contribution in [3.05, 3.63) is 29.1 Å². The van der Waals surface area contributed by atoms with Crippen molar-refractivity contribution in [1.29, 1.82) is 0 Å². The van der Waals surface area contributed by atoms with Crippen LogP contribution in [0.15, 0.2) is 29.2 Å². The minimum Gasteiger partial charge on any atom is -0.289 e. The molecule has 2 aromatic rings. The zero-order valence-electron chi connectivity index (χ0n) is 8.51. The molecule has 1 aromatic carbocycles. The Morgan fingerprint density at radius 3 is 2.53 bits per heavy atom. The van der Waals surface area contributed by atoms with Gasteiger partial charge in [-0.1, -0.05) is 18.2 Å². The largest absolute Gasteiger partial charge is 0.289 e. The number of hydrogen-bond acceptors (Lipinski definition) is 5. The number of sulfonamides is 1. The number of nitrogens with one attached hydrogen (secondary N) is 1. The molecule has 0 unspecified atom stereocenters. The summed E-state index contributed by atoms with van der Waals surface area (Å²) >= 11 is 1.03. The van der Waals surface area contributed by atoms with Gasteiger partial charge < -0.3 is 0 Å². The first kappa shape index (κ1) is 12.0. The molecule has 0 aliphatic rings. The van der Waals surface area contributed by atoms with Gasteiger partial charge in [0.25, 0.3) is 5.91 Å². The van der Waals surface area contributed by atoms with Gasteiger partial charge >= 0.3 is 0 Å². The molecular weight excluding hydrogens is 262 g/mol. The summed E-state index contributed by atoms with van der Waals surface area (Å²) < 4.78 is 23.7. The van der Waals surface area contributed by atoms with E-state index < -0.39 is 15.9 Å². The average molecular weight is 271 g/mol. The van der Waals surface area contributed by atoms with Crippen molar-refractivity contribution >= 4 is 37.4 Å². The maximum absolute atomic E-state index is 11.5. The predicted octanol–water partition coefficient (Wildman–Crippen LogP) is 0.152. The maximum Gasteiger partial charge on any atom is 0.276 e. The van der Waals surface area contributed by atoms with Crippen LogP contribution in [-0.4, -0.2) is 14.3 Å². The SMILES string of the molecule is NNC(=O)c1sc2ccccc2c1S(N)(=O)=O. The number of carbonyl (C=O) groups is 1. The first-order valence-electron chi connectivity index (χ1n) is 4.50. The number of nitrogens with two attached hydrogens (primary N) is 2. The van der Waals surface area contributed by atoms with Crippen molar-refractivity contribution in [1.82, 2.24) is 5.43 Å². The lowest BCUT2D eigenvalue weighted by Crippen LogP contribution is -2.30. The number of hydrazine groups is 1. The van der Waals surface area contributed by atoms with Crippen molar-refractivity contribution in [2.24, 2.45) is 11.0 Å². The summed E-state index contributed by atoms with van der Waals surface area (Å²) in [6.07, 6.45) is 0. The van der Waals surface area contributed by atoms with E-state index >= 15 is 0 Å². The lowest BCUT2D eigenvalue weighted by atomic mass is 10.2. The molecule has 5 N–H and O–H groups in total. The van der Waals surface area contributed by atoms with Crippen molar-refractivity contribution < 1.29 is 13.2 Å². The highest BCUT2D eigenvalue weighted by molar-refractivity contribution is 7.89. The number of hydrogen-bond donors (Lipinski definition) is 3. The Kier molecular flexibility index (Phi) is 2.87. The third-order valence-electron chi connectivity index (χ3n) is 2.17. The van der Waals surface area contributed by atoms with Gasteiger partial charge in [-0.05, 0) is 6.07 Å². The zero-order valence-corrected chi connectivity index (χ0v) is 10.1. The summed E-state index contributed by atoms with van der Waals surface area (Å²) in [6, 6.07) is 6.73. The van der Waals surface area contributed by atoms with E-state index in [0.717, 1.165) is 11.3 Å². The van der Waals surface area contributed by atoms with Crippen LogP contribution < -0.4 is 16.4 Å². The number of primary sulfonamides is 1.